The van der Waals surface area contributed by atoms with Crippen molar-refractivity contribution >= 4 is 30.4 Å². The molecular formula is C18H26BClN2O6. The third-order valence-corrected chi connectivity index (χ3v) is 6.22. The summed E-state index contributed by atoms with van der Waals surface area (Å²) in [6.07, 6.45) is 2.87. The van der Waals surface area contributed by atoms with Gasteiger partial charge in [-0.2, -0.15) is 0 Å². The van der Waals surface area contributed by atoms with Crippen LogP contribution < -0.4 is 20.1 Å². The fraction of sp³-hybridized carbons (Fsp3) is 0.611. The average molecular weight is 413 g/mol. The topological polar surface area (TPSA) is 125 Å². The summed E-state index contributed by atoms with van der Waals surface area (Å²) < 4.78 is 10.7. The van der Waals surface area contributed by atoms with E-state index in [1.54, 1.807) is 6.07 Å². The summed E-state index contributed by atoms with van der Waals surface area (Å²) >= 11 is 6.38. The van der Waals surface area contributed by atoms with Crippen LogP contribution in [0.5, 0.6) is 11.5 Å². The van der Waals surface area contributed by atoms with Crippen LogP contribution in [0.3, 0.4) is 0 Å². The molecule has 5 N–H and O–H groups in total. The minimum absolute atomic E-state index is 0.129. The van der Waals surface area contributed by atoms with Crippen molar-refractivity contribution in [1.29, 1.82) is 0 Å². The number of nitrogens with zero attached hydrogens (tertiary/aromatic N) is 1. The molecule has 0 amide bonds. The molecule has 8 nitrogen and oxygen atoms in total. The highest BCUT2D eigenvalue weighted by molar-refractivity contribution is 6.40. The van der Waals surface area contributed by atoms with Crippen LogP contribution in [-0.2, 0) is 4.79 Å². The molecule has 0 radical (unpaired) electrons. The molecule has 1 fully saturated rings. The second-order valence-corrected chi connectivity index (χ2v) is 8.07. The molecule has 0 aromatic heterocycles. The number of fused-ring (bicyclic) bond motifs is 1. The van der Waals surface area contributed by atoms with Gasteiger partial charge in [0.1, 0.15) is 5.54 Å². The monoisotopic (exact) mass is 412 g/mol. The Balaban J connectivity index is 1.60. The molecule has 1 aliphatic carbocycles. The van der Waals surface area contributed by atoms with Gasteiger partial charge in [-0.3, -0.25) is 4.79 Å². The predicted molar refractivity (Wildman–Crippen MR) is 106 cm³/mol. The Morgan fingerprint density at radius 1 is 1.32 bits per heavy atom. The Hall–Kier alpha value is -1.68. The van der Waals surface area contributed by atoms with E-state index in [0.717, 1.165) is 5.69 Å². The number of hydrogen-bond donors (Lipinski definition) is 4. The molecule has 28 heavy (non-hydrogen) atoms. The van der Waals surface area contributed by atoms with Gasteiger partial charge in [-0.25, -0.2) is 0 Å². The highest BCUT2D eigenvalue weighted by Gasteiger charge is 2.49. The van der Waals surface area contributed by atoms with Crippen molar-refractivity contribution in [3.63, 3.8) is 0 Å². The molecule has 0 saturated heterocycles. The van der Waals surface area contributed by atoms with Crippen molar-refractivity contribution in [2.24, 2.45) is 11.7 Å². The summed E-state index contributed by atoms with van der Waals surface area (Å²) in [4.78, 5) is 13.9. The first-order valence-electron chi connectivity index (χ1n) is 9.42. The fourth-order valence-corrected chi connectivity index (χ4v) is 4.22. The molecule has 1 aromatic rings. The van der Waals surface area contributed by atoms with Crippen molar-refractivity contribution in [3.8, 4) is 11.5 Å². The van der Waals surface area contributed by atoms with E-state index < -0.39 is 18.6 Å². The summed E-state index contributed by atoms with van der Waals surface area (Å²) in [5.41, 5.74) is 5.76. The molecule has 1 saturated carbocycles. The van der Waals surface area contributed by atoms with Crippen molar-refractivity contribution in [3.05, 3.63) is 17.2 Å². The van der Waals surface area contributed by atoms with E-state index in [9.17, 15) is 9.90 Å². The third kappa shape index (κ3) is 4.17. The van der Waals surface area contributed by atoms with Crippen molar-refractivity contribution in [2.75, 3.05) is 18.7 Å². The average Bonchev–Trinajstić information content (AvgIpc) is 3.03. The Labute approximate surface area is 169 Å². The van der Waals surface area contributed by atoms with Crippen LogP contribution in [-0.4, -0.2) is 53.7 Å². The van der Waals surface area contributed by atoms with Crippen LogP contribution in [0.4, 0.5) is 5.69 Å². The van der Waals surface area contributed by atoms with E-state index in [1.165, 1.54) is 0 Å². The van der Waals surface area contributed by atoms with Crippen LogP contribution in [0.2, 0.25) is 11.3 Å². The Bertz CT molecular complexity index is 730. The smallest absolute Gasteiger partial charge is 0.451 e. The number of ether oxygens (including phenoxy) is 2. The summed E-state index contributed by atoms with van der Waals surface area (Å²) in [5, 5.41) is 28.1. The molecule has 10 heteroatoms. The zero-order valence-electron chi connectivity index (χ0n) is 15.8. The number of benzene rings is 1. The number of unbranched alkanes of at least 4 members (excludes halogenated alkanes) is 1. The van der Waals surface area contributed by atoms with Crippen molar-refractivity contribution < 1.29 is 29.4 Å². The van der Waals surface area contributed by atoms with Crippen LogP contribution in [0.25, 0.3) is 0 Å². The van der Waals surface area contributed by atoms with Crippen LogP contribution in [0.15, 0.2) is 12.1 Å². The van der Waals surface area contributed by atoms with Gasteiger partial charge in [-0.05, 0) is 31.5 Å². The fourth-order valence-electron chi connectivity index (χ4n) is 3.93. The van der Waals surface area contributed by atoms with Gasteiger partial charge in [0.05, 0.1) is 10.7 Å². The molecular weight excluding hydrogens is 386 g/mol. The van der Waals surface area contributed by atoms with Gasteiger partial charge in [0, 0.05) is 25.2 Å². The number of aliphatic carboxylic acids is 1. The minimum Gasteiger partial charge on any atom is -0.480 e. The lowest BCUT2D eigenvalue weighted by Crippen LogP contribution is -2.61. The molecule has 0 bridgehead atoms. The first kappa shape index (κ1) is 21.0. The van der Waals surface area contributed by atoms with Gasteiger partial charge in [-0.15, -0.1) is 0 Å². The van der Waals surface area contributed by atoms with E-state index in [4.69, 9.17) is 36.9 Å². The van der Waals surface area contributed by atoms with E-state index in [2.05, 4.69) is 0 Å². The zero-order chi connectivity index (χ0) is 20.5. The highest BCUT2D eigenvalue weighted by atomic mass is 35.5. The molecule has 0 spiro atoms. The molecule has 1 heterocycles. The number of carbonyl (C=O) groups is 1. The Morgan fingerprint density at radius 3 is 2.57 bits per heavy atom. The lowest BCUT2D eigenvalue weighted by Gasteiger charge is -2.48. The van der Waals surface area contributed by atoms with E-state index in [1.807, 2.05) is 18.0 Å². The standard InChI is InChI=1S/C18H26BClN2O6/c1-22(14-9-16-15(8-13(14)20)27-10-28-16)12-6-11(7-12)18(21,17(23)24)4-2-3-5-19(25)26/h8-9,11-12,25-26H,2-7,10,21H2,1H3,(H,23,24). The largest absolute Gasteiger partial charge is 0.480 e. The third-order valence-electron chi connectivity index (χ3n) is 5.91. The molecule has 1 unspecified atom stereocenters. The Morgan fingerprint density at radius 2 is 1.96 bits per heavy atom. The normalized spacial score (nSPS) is 22.3. The Kier molecular flexibility index (Phi) is 6.29. The minimum atomic E-state index is -1.37. The SMILES string of the molecule is CN(c1cc2c(cc1Cl)OCO2)C1CC(C(N)(CCCCB(O)O)C(=O)O)C1. The first-order valence-corrected chi connectivity index (χ1v) is 9.80. The quantitative estimate of drug-likeness (QED) is 0.357. The first-order chi connectivity index (χ1) is 13.2. The summed E-state index contributed by atoms with van der Waals surface area (Å²) in [6, 6.07) is 3.70. The number of anilines is 1. The molecule has 1 atom stereocenters. The number of rotatable bonds is 9. The second-order valence-electron chi connectivity index (χ2n) is 7.66. The molecule has 3 rings (SSSR count). The van der Waals surface area contributed by atoms with Crippen molar-refractivity contribution in [2.45, 2.75) is 50.0 Å². The molecule has 1 aromatic carbocycles. The van der Waals surface area contributed by atoms with Crippen LogP contribution >= 0.6 is 11.6 Å². The number of halogens is 1. The van der Waals surface area contributed by atoms with Gasteiger partial charge in [-0.1, -0.05) is 24.4 Å². The van der Waals surface area contributed by atoms with Gasteiger partial charge in [0.2, 0.25) is 6.79 Å². The number of carboxylic acids is 1. The maximum absolute atomic E-state index is 11.8. The molecule has 1 aliphatic heterocycles. The number of carboxylic acid groups (broad SMARTS) is 1. The lowest BCUT2D eigenvalue weighted by molar-refractivity contribution is -0.147. The second kappa shape index (κ2) is 8.36. The van der Waals surface area contributed by atoms with E-state index >= 15 is 0 Å². The van der Waals surface area contributed by atoms with Crippen LogP contribution in [0.1, 0.15) is 32.1 Å². The highest BCUT2D eigenvalue weighted by Crippen LogP contribution is 2.45. The van der Waals surface area contributed by atoms with Gasteiger partial charge in [0.15, 0.2) is 11.5 Å². The van der Waals surface area contributed by atoms with Crippen molar-refractivity contribution in [1.82, 2.24) is 0 Å². The van der Waals surface area contributed by atoms with E-state index in [0.29, 0.717) is 48.6 Å². The predicted octanol–water partition coefficient (Wildman–Crippen LogP) is 1.71. The maximum atomic E-state index is 11.8. The van der Waals surface area contributed by atoms with Gasteiger partial charge < -0.3 is 35.3 Å². The maximum Gasteiger partial charge on any atom is 0.451 e. The van der Waals surface area contributed by atoms with Gasteiger partial charge >= 0.3 is 13.1 Å². The van der Waals surface area contributed by atoms with Crippen LogP contribution in [0, 0.1) is 5.92 Å². The van der Waals surface area contributed by atoms with E-state index in [-0.39, 0.29) is 25.1 Å². The summed E-state index contributed by atoms with van der Waals surface area (Å²) in [7, 11) is 0.552. The molecule has 154 valence electrons. The summed E-state index contributed by atoms with van der Waals surface area (Å²) in [6.45, 7) is 0.173. The van der Waals surface area contributed by atoms with Gasteiger partial charge in [0.25, 0.3) is 0 Å². The summed E-state index contributed by atoms with van der Waals surface area (Å²) in [5.74, 6) is 0.105. The number of nitrogens with two attached hydrogens (primary N) is 1. The molecule has 2 aliphatic rings. The lowest BCUT2D eigenvalue weighted by atomic mass is 9.65. The zero-order valence-corrected chi connectivity index (χ0v) is 16.6. The number of hydrogen-bond acceptors (Lipinski definition) is 7.